The van der Waals surface area contributed by atoms with Gasteiger partial charge in [-0.3, -0.25) is 0 Å². The second kappa shape index (κ2) is 7.06. The molecule has 0 amide bonds. The maximum absolute atomic E-state index is 6.06. The van der Waals surface area contributed by atoms with Crippen LogP contribution < -0.4 is 0 Å². The number of ether oxygens (including phenoxy) is 4. The van der Waals surface area contributed by atoms with Crippen molar-refractivity contribution in [2.24, 2.45) is 0 Å². The van der Waals surface area contributed by atoms with Crippen LogP contribution in [0.25, 0.3) is 0 Å². The van der Waals surface area contributed by atoms with Gasteiger partial charge in [0.05, 0.1) is 6.61 Å². The quantitative estimate of drug-likeness (QED) is 0.571. The van der Waals surface area contributed by atoms with Gasteiger partial charge in [-0.05, 0) is 32.0 Å². The Labute approximate surface area is 147 Å². The number of hydrogen-bond acceptors (Lipinski definition) is 5. The predicted octanol–water partition coefficient (Wildman–Crippen LogP) is 3.29. The van der Waals surface area contributed by atoms with E-state index in [0.29, 0.717) is 13.0 Å². The van der Waals surface area contributed by atoms with Crippen molar-refractivity contribution in [2.45, 2.75) is 89.6 Å². The van der Waals surface area contributed by atoms with Gasteiger partial charge in [-0.1, -0.05) is 32.6 Å². The summed E-state index contributed by atoms with van der Waals surface area (Å²) in [5.74, 6) is 5.68. The number of fused-ring (bicyclic) bond motifs is 1. The third-order valence-electron chi connectivity index (χ3n) is 5.08. The van der Waals surface area contributed by atoms with Gasteiger partial charge in [-0.2, -0.15) is 0 Å². The van der Waals surface area contributed by atoms with E-state index in [-0.39, 0.29) is 23.4 Å². The Kier molecular flexibility index (Phi) is 5.86. The smallest absolute Gasteiger partial charge is 0.193 e. The molecule has 6 heteroatoms. The van der Waals surface area contributed by atoms with Crippen molar-refractivity contribution in [1.82, 2.24) is 0 Å². The zero-order valence-corrected chi connectivity index (χ0v) is 17.3. The van der Waals surface area contributed by atoms with Crippen LogP contribution >= 0.6 is 0 Å². The molecular formula is C18H32O5Si. The van der Waals surface area contributed by atoms with Gasteiger partial charge in [0.1, 0.15) is 18.3 Å². The molecule has 0 unspecified atom stereocenters. The molecule has 0 aromatic carbocycles. The van der Waals surface area contributed by atoms with E-state index in [4.69, 9.17) is 23.4 Å². The van der Waals surface area contributed by atoms with Crippen molar-refractivity contribution in [1.29, 1.82) is 0 Å². The highest BCUT2D eigenvalue weighted by Crippen LogP contribution is 2.39. The summed E-state index contributed by atoms with van der Waals surface area (Å²) in [6.07, 6.45) is -0.281. The monoisotopic (exact) mass is 356 g/mol. The lowest BCUT2D eigenvalue weighted by Crippen LogP contribution is -2.40. The molecule has 4 atom stereocenters. The molecule has 2 saturated heterocycles. The lowest BCUT2D eigenvalue weighted by atomic mass is 10.1. The first-order valence-electron chi connectivity index (χ1n) is 8.60. The fraction of sp³-hybridized carbons (Fsp3) is 0.889. The number of methoxy groups -OCH3 is 1. The van der Waals surface area contributed by atoms with Crippen LogP contribution in [-0.2, 0) is 23.4 Å². The molecule has 0 aromatic heterocycles. The van der Waals surface area contributed by atoms with Crippen LogP contribution in [0.3, 0.4) is 0 Å². The molecule has 2 rings (SSSR count). The Morgan fingerprint density at radius 3 is 2.29 bits per heavy atom. The molecule has 2 heterocycles. The van der Waals surface area contributed by atoms with E-state index in [1.165, 1.54) is 0 Å². The maximum atomic E-state index is 6.06. The third-order valence-corrected chi connectivity index (χ3v) is 9.56. The standard InChI is InChI=1S/C18H32O5Si/c1-17(2,3)24(7,8)20-12-10-9-11-13-14-15(16(19-6)21-13)23-18(4,5)22-14/h13-16H,11-12H2,1-8H3/t13-,14-,15-,16-/m1/s1. The predicted molar refractivity (Wildman–Crippen MR) is 95.0 cm³/mol. The molecule has 0 spiro atoms. The molecule has 138 valence electrons. The second-order valence-electron chi connectivity index (χ2n) is 8.45. The average Bonchev–Trinajstić information content (AvgIpc) is 2.90. The number of rotatable bonds is 4. The van der Waals surface area contributed by atoms with Crippen LogP contribution in [0.15, 0.2) is 0 Å². The highest BCUT2D eigenvalue weighted by Gasteiger charge is 2.55. The SMILES string of the molecule is CO[C@@H]1O[C@H](CC#CCO[Si](C)(C)C(C)(C)C)[C@H]2OC(C)(C)O[C@@H]12. The molecule has 0 bridgehead atoms. The molecule has 2 aliphatic rings. The Bertz CT molecular complexity index is 500. The first-order chi connectivity index (χ1) is 11.0. The van der Waals surface area contributed by atoms with E-state index in [0.717, 1.165) is 0 Å². The van der Waals surface area contributed by atoms with Crippen molar-refractivity contribution in [3.63, 3.8) is 0 Å². The molecule has 0 N–H and O–H groups in total. The summed E-state index contributed by atoms with van der Waals surface area (Å²) in [5, 5.41) is 0.197. The van der Waals surface area contributed by atoms with Crippen molar-refractivity contribution < 1.29 is 23.4 Å². The zero-order valence-electron chi connectivity index (χ0n) is 16.3. The van der Waals surface area contributed by atoms with Gasteiger partial charge in [0, 0.05) is 13.5 Å². The lowest BCUT2D eigenvalue weighted by molar-refractivity contribution is -0.226. The molecule has 0 radical (unpaired) electrons. The summed E-state index contributed by atoms with van der Waals surface area (Å²) < 4.78 is 29.1. The van der Waals surface area contributed by atoms with Gasteiger partial charge in [-0.15, -0.1) is 0 Å². The maximum Gasteiger partial charge on any atom is 0.193 e. The summed E-state index contributed by atoms with van der Waals surface area (Å²) in [4.78, 5) is 0. The zero-order chi connectivity index (χ0) is 18.2. The van der Waals surface area contributed by atoms with Crippen LogP contribution in [0.2, 0.25) is 18.1 Å². The van der Waals surface area contributed by atoms with Crippen LogP contribution in [0.4, 0.5) is 0 Å². The molecule has 0 saturated carbocycles. The molecule has 2 fully saturated rings. The van der Waals surface area contributed by atoms with E-state index in [2.05, 4.69) is 45.7 Å². The van der Waals surface area contributed by atoms with Gasteiger partial charge in [-0.25, -0.2) is 0 Å². The largest absolute Gasteiger partial charge is 0.406 e. The van der Waals surface area contributed by atoms with Gasteiger partial charge >= 0.3 is 0 Å². The van der Waals surface area contributed by atoms with Gasteiger partial charge < -0.3 is 23.4 Å². The van der Waals surface area contributed by atoms with Crippen LogP contribution in [0.1, 0.15) is 41.0 Å². The van der Waals surface area contributed by atoms with Crippen molar-refractivity contribution >= 4 is 8.32 Å². The Hall–Kier alpha value is -0.423. The van der Waals surface area contributed by atoms with Gasteiger partial charge in [0.15, 0.2) is 20.4 Å². The minimum absolute atomic E-state index is 0.137. The van der Waals surface area contributed by atoms with Crippen LogP contribution in [-0.4, -0.2) is 52.4 Å². The molecular weight excluding hydrogens is 324 g/mol. The molecule has 0 aromatic rings. The third kappa shape index (κ3) is 4.40. The Morgan fingerprint density at radius 1 is 1.08 bits per heavy atom. The van der Waals surface area contributed by atoms with E-state index in [1.54, 1.807) is 7.11 Å². The van der Waals surface area contributed by atoms with Crippen LogP contribution in [0.5, 0.6) is 0 Å². The van der Waals surface area contributed by atoms with E-state index < -0.39 is 20.4 Å². The molecule has 0 aliphatic carbocycles. The normalized spacial score (nSPS) is 32.3. The highest BCUT2D eigenvalue weighted by atomic mass is 28.4. The van der Waals surface area contributed by atoms with Crippen molar-refractivity contribution in [2.75, 3.05) is 13.7 Å². The summed E-state index contributed by atoms with van der Waals surface area (Å²) in [7, 11) is -0.120. The topological polar surface area (TPSA) is 46.2 Å². The fourth-order valence-corrected chi connectivity index (χ4v) is 3.52. The summed E-state index contributed by atoms with van der Waals surface area (Å²) >= 11 is 0. The second-order valence-corrected chi connectivity index (χ2v) is 13.3. The Balaban J connectivity index is 1.87. The first-order valence-corrected chi connectivity index (χ1v) is 11.5. The van der Waals surface area contributed by atoms with E-state index in [1.807, 2.05) is 13.8 Å². The van der Waals surface area contributed by atoms with Crippen LogP contribution in [0, 0.1) is 11.8 Å². The lowest BCUT2D eigenvalue weighted by Gasteiger charge is -2.35. The molecule has 24 heavy (non-hydrogen) atoms. The minimum Gasteiger partial charge on any atom is -0.406 e. The molecule has 2 aliphatic heterocycles. The van der Waals surface area contributed by atoms with E-state index in [9.17, 15) is 0 Å². The minimum atomic E-state index is -1.74. The first kappa shape index (κ1) is 19.9. The molecule has 5 nitrogen and oxygen atoms in total. The van der Waals surface area contributed by atoms with Crippen molar-refractivity contribution in [3.8, 4) is 11.8 Å². The summed E-state index contributed by atoms with van der Waals surface area (Å²) in [6, 6.07) is 0. The number of hydrogen-bond donors (Lipinski definition) is 0. The summed E-state index contributed by atoms with van der Waals surface area (Å²) in [5.41, 5.74) is 0. The van der Waals surface area contributed by atoms with Crippen molar-refractivity contribution in [3.05, 3.63) is 0 Å². The fourth-order valence-electron chi connectivity index (χ4n) is 2.65. The average molecular weight is 357 g/mol. The van der Waals surface area contributed by atoms with Gasteiger partial charge in [0.25, 0.3) is 0 Å². The Morgan fingerprint density at radius 2 is 1.71 bits per heavy atom. The highest BCUT2D eigenvalue weighted by molar-refractivity contribution is 6.74. The van der Waals surface area contributed by atoms with E-state index >= 15 is 0 Å². The van der Waals surface area contributed by atoms with Gasteiger partial charge in [0.2, 0.25) is 0 Å². The summed E-state index contributed by atoms with van der Waals surface area (Å²) in [6.45, 7) is 15.4.